The van der Waals surface area contributed by atoms with E-state index in [0.29, 0.717) is 5.56 Å². The molecule has 0 bridgehead atoms. The average Bonchev–Trinajstić information content (AvgIpc) is 2.72. The molecule has 0 aliphatic rings. The minimum absolute atomic E-state index is 0. The van der Waals surface area contributed by atoms with Crippen LogP contribution in [-0.2, 0) is 6.54 Å². The van der Waals surface area contributed by atoms with Crippen molar-refractivity contribution >= 4 is 18.2 Å². The van der Waals surface area contributed by atoms with Crippen molar-refractivity contribution in [3.8, 4) is 11.1 Å². The highest BCUT2D eigenvalue weighted by molar-refractivity contribution is 6.09. The maximum Gasteiger partial charge on any atom is 0.193 e. The van der Waals surface area contributed by atoms with Gasteiger partial charge in [0.25, 0.3) is 0 Å². The minimum Gasteiger partial charge on any atom is -0.312 e. The van der Waals surface area contributed by atoms with Crippen LogP contribution in [0.3, 0.4) is 0 Å². The molecule has 29 heavy (non-hydrogen) atoms. The number of nitrogens with one attached hydrogen (secondary N) is 1. The van der Waals surface area contributed by atoms with Crippen LogP contribution in [0, 0.1) is 6.92 Å². The van der Waals surface area contributed by atoms with E-state index in [1.165, 1.54) is 22.3 Å². The number of halogens is 1. The summed E-state index contributed by atoms with van der Waals surface area (Å²) in [5.41, 5.74) is 7.50. The Labute approximate surface area is 180 Å². The van der Waals surface area contributed by atoms with Crippen molar-refractivity contribution in [2.24, 2.45) is 0 Å². The SMILES string of the molecule is C=C(C)CCNCc1ccc(-c2ccc(C(=O)c3ccccc3)cc2)cc1C.Cl. The fourth-order valence-corrected chi connectivity index (χ4v) is 3.17. The van der Waals surface area contributed by atoms with Gasteiger partial charge in [0, 0.05) is 17.7 Å². The number of aryl methyl sites for hydroxylation is 1. The molecule has 0 aliphatic carbocycles. The molecule has 0 saturated carbocycles. The van der Waals surface area contributed by atoms with Gasteiger partial charge in [-0.3, -0.25) is 4.79 Å². The van der Waals surface area contributed by atoms with Gasteiger partial charge in [-0.25, -0.2) is 0 Å². The van der Waals surface area contributed by atoms with E-state index in [9.17, 15) is 4.79 Å². The molecular formula is C26H28ClNO. The Bertz CT molecular complexity index is 962. The second kappa shape index (κ2) is 10.8. The summed E-state index contributed by atoms with van der Waals surface area (Å²) >= 11 is 0. The Kier molecular flexibility index (Phi) is 8.38. The van der Waals surface area contributed by atoms with E-state index >= 15 is 0 Å². The summed E-state index contributed by atoms with van der Waals surface area (Å²) in [5.74, 6) is 0.0551. The minimum atomic E-state index is 0. The molecule has 0 unspecified atom stereocenters. The van der Waals surface area contributed by atoms with E-state index in [2.05, 4.69) is 43.9 Å². The number of carbonyl (C=O) groups excluding carboxylic acids is 1. The second-order valence-corrected chi connectivity index (χ2v) is 7.30. The van der Waals surface area contributed by atoms with E-state index in [4.69, 9.17) is 0 Å². The Balaban J connectivity index is 0.00000300. The standard InChI is InChI=1S/C26H27NO.ClH/c1-19(2)15-16-27-18-25-14-13-24(17-20(25)3)21-9-11-23(12-10-21)26(28)22-7-5-4-6-8-22;/h4-14,17,27H,1,15-16,18H2,2-3H3;1H. The first-order chi connectivity index (χ1) is 13.5. The molecule has 0 amide bonds. The van der Waals surface area contributed by atoms with Gasteiger partial charge < -0.3 is 5.32 Å². The Hall–Kier alpha value is -2.68. The van der Waals surface area contributed by atoms with Crippen LogP contribution in [0.15, 0.2) is 84.9 Å². The van der Waals surface area contributed by atoms with Crippen LogP contribution in [0.1, 0.15) is 40.4 Å². The van der Waals surface area contributed by atoms with Crippen LogP contribution >= 0.6 is 12.4 Å². The van der Waals surface area contributed by atoms with Gasteiger partial charge in [0.15, 0.2) is 5.78 Å². The molecule has 2 nitrogen and oxygen atoms in total. The second-order valence-electron chi connectivity index (χ2n) is 7.30. The third kappa shape index (κ3) is 6.15. The van der Waals surface area contributed by atoms with Gasteiger partial charge in [0.05, 0.1) is 0 Å². The quantitative estimate of drug-likeness (QED) is 0.268. The van der Waals surface area contributed by atoms with Crippen molar-refractivity contribution in [2.45, 2.75) is 26.8 Å². The normalized spacial score (nSPS) is 10.3. The molecule has 0 spiro atoms. The number of benzene rings is 3. The number of hydrogen-bond donors (Lipinski definition) is 1. The lowest BCUT2D eigenvalue weighted by Crippen LogP contribution is -2.15. The van der Waals surface area contributed by atoms with Gasteiger partial charge >= 0.3 is 0 Å². The van der Waals surface area contributed by atoms with Crippen LogP contribution in [0.4, 0.5) is 0 Å². The lowest BCUT2D eigenvalue weighted by atomic mass is 9.97. The van der Waals surface area contributed by atoms with Crippen molar-refractivity contribution in [1.29, 1.82) is 0 Å². The van der Waals surface area contributed by atoms with Gasteiger partial charge in [-0.1, -0.05) is 78.4 Å². The zero-order valence-corrected chi connectivity index (χ0v) is 17.9. The largest absolute Gasteiger partial charge is 0.312 e. The number of rotatable bonds is 8. The first-order valence-corrected chi connectivity index (χ1v) is 9.69. The zero-order chi connectivity index (χ0) is 19.9. The summed E-state index contributed by atoms with van der Waals surface area (Å²) in [7, 11) is 0. The molecule has 0 radical (unpaired) electrons. The van der Waals surface area contributed by atoms with E-state index in [1.54, 1.807) is 0 Å². The molecule has 1 N–H and O–H groups in total. The van der Waals surface area contributed by atoms with Crippen LogP contribution in [0.5, 0.6) is 0 Å². The van der Waals surface area contributed by atoms with Crippen LogP contribution < -0.4 is 5.32 Å². The lowest BCUT2D eigenvalue weighted by molar-refractivity contribution is 0.103. The molecule has 3 aromatic rings. The lowest BCUT2D eigenvalue weighted by Gasteiger charge is -2.11. The smallest absolute Gasteiger partial charge is 0.193 e. The molecule has 0 aliphatic heterocycles. The van der Waals surface area contributed by atoms with Crippen LogP contribution in [-0.4, -0.2) is 12.3 Å². The molecule has 0 saturated heterocycles. The highest BCUT2D eigenvalue weighted by Crippen LogP contribution is 2.23. The van der Waals surface area contributed by atoms with Gasteiger partial charge in [-0.05, 0) is 49.1 Å². The van der Waals surface area contributed by atoms with E-state index in [0.717, 1.165) is 30.6 Å². The summed E-state index contributed by atoms with van der Waals surface area (Å²) < 4.78 is 0. The van der Waals surface area contributed by atoms with Crippen molar-refractivity contribution in [3.63, 3.8) is 0 Å². The Morgan fingerprint density at radius 3 is 2.14 bits per heavy atom. The van der Waals surface area contributed by atoms with Crippen molar-refractivity contribution in [3.05, 3.63) is 107 Å². The fourth-order valence-electron chi connectivity index (χ4n) is 3.17. The Morgan fingerprint density at radius 1 is 0.897 bits per heavy atom. The molecule has 0 atom stereocenters. The molecule has 0 fully saturated rings. The predicted molar refractivity (Wildman–Crippen MR) is 125 cm³/mol. The topological polar surface area (TPSA) is 29.1 Å². The van der Waals surface area contributed by atoms with E-state index in [1.807, 2.05) is 54.6 Å². The molecule has 0 heterocycles. The first kappa shape index (κ1) is 22.6. The van der Waals surface area contributed by atoms with Crippen LogP contribution in [0.2, 0.25) is 0 Å². The summed E-state index contributed by atoms with van der Waals surface area (Å²) in [6.45, 7) is 9.95. The van der Waals surface area contributed by atoms with Gasteiger partial charge in [-0.2, -0.15) is 0 Å². The maximum atomic E-state index is 12.5. The van der Waals surface area contributed by atoms with Gasteiger partial charge in [0.1, 0.15) is 0 Å². The monoisotopic (exact) mass is 405 g/mol. The molecule has 3 rings (SSSR count). The van der Waals surface area contributed by atoms with Crippen LogP contribution in [0.25, 0.3) is 11.1 Å². The highest BCUT2D eigenvalue weighted by Gasteiger charge is 2.09. The average molecular weight is 406 g/mol. The summed E-state index contributed by atoms with van der Waals surface area (Å²) in [4.78, 5) is 12.5. The molecule has 0 aromatic heterocycles. The Morgan fingerprint density at radius 2 is 1.52 bits per heavy atom. The first-order valence-electron chi connectivity index (χ1n) is 9.69. The fraction of sp³-hybridized carbons (Fsp3) is 0.192. The summed E-state index contributed by atoms with van der Waals surface area (Å²) in [6, 6.07) is 23.8. The van der Waals surface area contributed by atoms with Gasteiger partial charge in [-0.15, -0.1) is 19.0 Å². The van der Waals surface area contributed by atoms with Crippen molar-refractivity contribution in [1.82, 2.24) is 5.32 Å². The highest BCUT2D eigenvalue weighted by atomic mass is 35.5. The maximum absolute atomic E-state index is 12.5. The van der Waals surface area contributed by atoms with E-state index in [-0.39, 0.29) is 18.2 Å². The van der Waals surface area contributed by atoms with Gasteiger partial charge in [0.2, 0.25) is 0 Å². The molecular weight excluding hydrogens is 378 g/mol. The zero-order valence-electron chi connectivity index (χ0n) is 17.1. The van der Waals surface area contributed by atoms with E-state index < -0.39 is 0 Å². The summed E-state index contributed by atoms with van der Waals surface area (Å²) in [6.07, 6.45) is 1.01. The third-order valence-corrected chi connectivity index (χ3v) is 4.90. The summed E-state index contributed by atoms with van der Waals surface area (Å²) in [5, 5.41) is 3.47. The van der Waals surface area contributed by atoms with Crippen molar-refractivity contribution < 1.29 is 4.79 Å². The number of ketones is 1. The van der Waals surface area contributed by atoms with Crippen molar-refractivity contribution in [2.75, 3.05) is 6.54 Å². The molecule has 3 aromatic carbocycles. The predicted octanol–water partition coefficient (Wildman–Crippen LogP) is 6.37. The molecule has 3 heteroatoms. The molecule has 150 valence electrons. The number of carbonyl (C=O) groups is 1. The third-order valence-electron chi connectivity index (χ3n) is 4.90. The number of hydrogen-bond acceptors (Lipinski definition) is 2.